The first-order valence-electron chi connectivity index (χ1n) is 12.4. The van der Waals surface area contributed by atoms with Crippen LogP contribution in [0.25, 0.3) is 0 Å². The van der Waals surface area contributed by atoms with Gasteiger partial charge in [0.05, 0.1) is 21.6 Å². The lowest BCUT2D eigenvalue weighted by atomic mass is 10.0. The van der Waals surface area contributed by atoms with Gasteiger partial charge in [0, 0.05) is 29.3 Å². The summed E-state index contributed by atoms with van der Waals surface area (Å²) >= 11 is 18.7. The predicted octanol–water partition coefficient (Wildman–Crippen LogP) is 6.31. The fourth-order valence-electron chi connectivity index (χ4n) is 4.78. The Kier molecular flexibility index (Phi) is 8.19. The van der Waals surface area contributed by atoms with E-state index in [-0.39, 0.29) is 23.1 Å². The minimum absolute atomic E-state index is 0.0203. The molecule has 204 valence electrons. The number of piperidine rings is 1. The zero-order chi connectivity index (χ0) is 27.6. The van der Waals surface area contributed by atoms with Crippen molar-refractivity contribution in [2.75, 3.05) is 18.1 Å². The molecule has 3 aromatic rings. The molecule has 39 heavy (non-hydrogen) atoms. The number of anilines is 1. The second-order valence-corrected chi connectivity index (χ2v) is 12.2. The quantitative estimate of drug-likeness (QED) is 0.318. The van der Waals surface area contributed by atoms with Crippen LogP contribution in [0.4, 0.5) is 5.69 Å². The monoisotopic (exact) mass is 607 g/mol. The van der Waals surface area contributed by atoms with Crippen molar-refractivity contribution in [3.8, 4) is 0 Å². The lowest BCUT2D eigenvalue weighted by Gasteiger charge is -2.35. The average molecular weight is 609 g/mol. The number of nitrogens with zero attached hydrogens (tertiary/aromatic N) is 3. The van der Waals surface area contributed by atoms with Crippen molar-refractivity contribution in [2.45, 2.75) is 36.6 Å². The Morgan fingerprint density at radius 3 is 2.26 bits per heavy atom. The highest BCUT2D eigenvalue weighted by molar-refractivity contribution is 7.86. The molecule has 2 heterocycles. The van der Waals surface area contributed by atoms with Crippen molar-refractivity contribution < 1.29 is 22.3 Å². The Bertz CT molecular complexity index is 1500. The molecule has 0 bridgehead atoms. The van der Waals surface area contributed by atoms with Crippen LogP contribution in [0, 0.1) is 0 Å². The maximum atomic E-state index is 13.7. The highest BCUT2D eigenvalue weighted by Gasteiger charge is 2.43. The molecule has 0 spiro atoms. The maximum absolute atomic E-state index is 13.7. The van der Waals surface area contributed by atoms with Crippen LogP contribution >= 0.6 is 34.8 Å². The fraction of sp³-hybridized carbons (Fsp3) is 0.259. The lowest BCUT2D eigenvalue weighted by Crippen LogP contribution is -2.64. The average Bonchev–Trinajstić information content (AvgIpc) is 3.35. The fourth-order valence-corrected chi connectivity index (χ4v) is 6.54. The third-order valence-corrected chi connectivity index (χ3v) is 8.82. The van der Waals surface area contributed by atoms with E-state index in [9.17, 15) is 13.2 Å². The van der Waals surface area contributed by atoms with Gasteiger partial charge in [-0.3, -0.25) is 9.80 Å². The van der Waals surface area contributed by atoms with E-state index in [0.717, 1.165) is 12.0 Å². The van der Waals surface area contributed by atoms with Crippen molar-refractivity contribution in [1.82, 2.24) is 5.43 Å². The molecule has 2 aliphatic rings. The first-order valence-corrected chi connectivity index (χ1v) is 15.0. The molecule has 0 radical (unpaired) electrons. The van der Waals surface area contributed by atoms with Crippen LogP contribution in [0.1, 0.15) is 37.3 Å². The molecule has 1 atom stereocenters. The minimum Gasteiger partial charge on any atom is -0.263 e. The lowest BCUT2D eigenvalue weighted by molar-refractivity contribution is -1.11. The van der Waals surface area contributed by atoms with Crippen LogP contribution in [0.3, 0.4) is 0 Å². The van der Waals surface area contributed by atoms with Gasteiger partial charge in [-0.25, -0.2) is 0 Å². The van der Waals surface area contributed by atoms with Crippen LogP contribution < -0.4 is 10.4 Å². The van der Waals surface area contributed by atoms with Gasteiger partial charge in [0.15, 0.2) is 0 Å². The van der Waals surface area contributed by atoms with Gasteiger partial charge in [-0.05, 0) is 58.7 Å². The first kappa shape index (κ1) is 27.9. The molecule has 1 saturated heterocycles. The molecule has 5 rings (SSSR count). The van der Waals surface area contributed by atoms with Crippen LogP contribution in [0.5, 0.6) is 0 Å². The number of hydrogen-bond donors (Lipinski definition) is 1. The van der Waals surface area contributed by atoms with E-state index >= 15 is 0 Å². The molecule has 1 fully saturated rings. The van der Waals surface area contributed by atoms with Crippen molar-refractivity contribution in [3.05, 3.63) is 93.4 Å². The highest BCUT2D eigenvalue weighted by Crippen LogP contribution is 2.40. The Morgan fingerprint density at radius 2 is 1.59 bits per heavy atom. The SMILES string of the molecule is O=C(N[N+]1(OS(=O)(=O)c2ccccc2)CCCCC1)C1=NN(c2ccc(Cl)cc2Cl)[C@@H](c2ccc(Cl)cc2)C1. The molecule has 0 aromatic heterocycles. The number of hydrazone groups is 1. The van der Waals surface area contributed by atoms with E-state index in [2.05, 4.69) is 10.5 Å². The van der Waals surface area contributed by atoms with Gasteiger partial charge < -0.3 is 0 Å². The van der Waals surface area contributed by atoms with E-state index in [4.69, 9.17) is 39.1 Å². The number of hydrogen-bond acceptors (Lipinski definition) is 6. The van der Waals surface area contributed by atoms with Gasteiger partial charge >= 0.3 is 16.0 Å². The summed E-state index contributed by atoms with van der Waals surface area (Å²) in [5, 5.41) is 7.76. The molecule has 2 aliphatic heterocycles. The Balaban J connectivity index is 1.45. The number of halogens is 3. The van der Waals surface area contributed by atoms with E-state index in [0.29, 0.717) is 46.7 Å². The number of amides is 1. The van der Waals surface area contributed by atoms with E-state index in [1.165, 1.54) is 12.1 Å². The Labute approximate surface area is 242 Å². The largest absolute Gasteiger partial charge is 0.345 e. The molecule has 1 N–H and O–H groups in total. The first-order chi connectivity index (χ1) is 18.7. The van der Waals surface area contributed by atoms with Gasteiger partial charge in [-0.15, -0.1) is 0 Å². The van der Waals surface area contributed by atoms with Crippen LogP contribution in [-0.4, -0.2) is 37.9 Å². The highest BCUT2D eigenvalue weighted by atomic mass is 35.5. The molecule has 3 aromatic carbocycles. The number of carbonyl (C=O) groups excluding carboxylic acids is 1. The molecule has 1 amide bonds. The molecule has 8 nitrogen and oxygen atoms in total. The number of hydroxylamine groups is 2. The third-order valence-electron chi connectivity index (χ3n) is 6.70. The number of carbonyl (C=O) groups is 1. The second kappa shape index (κ2) is 11.4. The summed E-state index contributed by atoms with van der Waals surface area (Å²) in [6.45, 7) is 0.608. The molecule has 0 saturated carbocycles. The summed E-state index contributed by atoms with van der Waals surface area (Å²) in [6, 6.07) is 19.9. The topological polar surface area (TPSA) is 88.1 Å². The van der Waals surface area contributed by atoms with Crippen LogP contribution in [-0.2, 0) is 19.2 Å². The van der Waals surface area contributed by atoms with Crippen molar-refractivity contribution in [2.24, 2.45) is 5.10 Å². The van der Waals surface area contributed by atoms with E-state index < -0.39 is 20.8 Å². The van der Waals surface area contributed by atoms with Gasteiger partial charge in [-0.2, -0.15) is 18.9 Å². The summed E-state index contributed by atoms with van der Waals surface area (Å²) in [7, 11) is -4.14. The second-order valence-electron chi connectivity index (χ2n) is 9.44. The van der Waals surface area contributed by atoms with Crippen molar-refractivity contribution in [1.29, 1.82) is 0 Å². The van der Waals surface area contributed by atoms with Gasteiger partial charge in [0.1, 0.15) is 18.8 Å². The summed E-state index contributed by atoms with van der Waals surface area (Å²) in [4.78, 5) is 13.7. The summed E-state index contributed by atoms with van der Waals surface area (Å²) in [6.07, 6.45) is 2.54. The van der Waals surface area contributed by atoms with E-state index in [1.807, 2.05) is 12.1 Å². The standard InChI is InChI=1S/C27H25Cl3N4O4S/c28-20-11-9-19(10-12-20)26-18-24(31-33(26)25-14-13-21(29)17-23(25)30)27(35)32-34(15-5-2-6-16-34)38-39(36,37)22-7-3-1-4-8-22/h1,3-4,7-14,17,26H,2,5-6,15-16,18H2/p+1/t26-/m1/s1. The van der Waals surface area contributed by atoms with Gasteiger partial charge in [-0.1, -0.05) is 69.9 Å². The van der Waals surface area contributed by atoms with Gasteiger partial charge in [0.25, 0.3) is 0 Å². The zero-order valence-electron chi connectivity index (χ0n) is 20.8. The van der Waals surface area contributed by atoms with E-state index in [1.54, 1.807) is 53.5 Å². The normalized spacial score (nSPS) is 19.0. The van der Waals surface area contributed by atoms with Crippen molar-refractivity contribution >= 4 is 62.2 Å². The van der Waals surface area contributed by atoms with Crippen LogP contribution in [0.2, 0.25) is 15.1 Å². The third kappa shape index (κ3) is 6.24. The Hall–Kier alpha value is -2.66. The smallest absolute Gasteiger partial charge is 0.263 e. The summed E-state index contributed by atoms with van der Waals surface area (Å²) < 4.78 is 31.4. The molecule has 12 heteroatoms. The molecular formula is C27H26Cl3N4O4S+. The number of nitrogens with one attached hydrogen (secondary N) is 1. The number of quaternary nitrogens is 1. The number of benzene rings is 3. The van der Waals surface area contributed by atoms with Crippen LogP contribution in [0.15, 0.2) is 82.8 Å². The maximum Gasteiger partial charge on any atom is 0.345 e. The molecular weight excluding hydrogens is 583 g/mol. The van der Waals surface area contributed by atoms with Crippen molar-refractivity contribution in [3.63, 3.8) is 0 Å². The number of rotatable bonds is 7. The minimum atomic E-state index is -4.14. The Morgan fingerprint density at radius 1 is 0.923 bits per heavy atom. The van der Waals surface area contributed by atoms with Gasteiger partial charge in [0.2, 0.25) is 0 Å². The molecule has 0 unspecified atom stereocenters. The summed E-state index contributed by atoms with van der Waals surface area (Å²) in [5.41, 5.74) is 4.51. The zero-order valence-corrected chi connectivity index (χ0v) is 23.8. The predicted molar refractivity (Wildman–Crippen MR) is 152 cm³/mol. The molecule has 0 aliphatic carbocycles. The summed E-state index contributed by atoms with van der Waals surface area (Å²) in [5.74, 6) is -0.522.